The van der Waals surface area contributed by atoms with Gasteiger partial charge in [0.25, 0.3) is 5.91 Å². The molecule has 2 aromatic rings. The molecule has 0 aliphatic carbocycles. The molecule has 0 spiro atoms. The second-order valence-electron chi connectivity index (χ2n) is 5.98. The van der Waals surface area contributed by atoms with E-state index in [9.17, 15) is 15.0 Å². The summed E-state index contributed by atoms with van der Waals surface area (Å²) >= 11 is 0. The molecule has 1 amide bonds. The lowest BCUT2D eigenvalue weighted by Crippen LogP contribution is -2.14. The van der Waals surface area contributed by atoms with Crippen molar-refractivity contribution in [1.29, 1.82) is 0 Å². The molecule has 0 aliphatic heterocycles. The van der Waals surface area contributed by atoms with Crippen molar-refractivity contribution in [2.45, 2.75) is 26.2 Å². The molecular formula is C17H19NO3. The Morgan fingerprint density at radius 3 is 2.19 bits per heavy atom. The van der Waals surface area contributed by atoms with Gasteiger partial charge < -0.3 is 15.5 Å². The lowest BCUT2D eigenvalue weighted by Gasteiger charge is -2.20. The molecule has 21 heavy (non-hydrogen) atoms. The van der Waals surface area contributed by atoms with Crippen molar-refractivity contribution in [3.8, 4) is 11.5 Å². The van der Waals surface area contributed by atoms with E-state index in [0.29, 0.717) is 11.3 Å². The van der Waals surface area contributed by atoms with Crippen LogP contribution in [0.25, 0.3) is 0 Å². The van der Waals surface area contributed by atoms with Crippen LogP contribution >= 0.6 is 0 Å². The Balaban J connectivity index is 2.26. The molecule has 0 fully saturated rings. The highest BCUT2D eigenvalue weighted by Crippen LogP contribution is 2.31. The SMILES string of the molecule is CC(C)(C)c1ccc(O)c(NC(=O)c2ccc(O)cc2)c1. The standard InChI is InChI=1S/C17H19NO3/c1-17(2,3)12-6-9-15(20)14(10-12)18-16(21)11-4-7-13(19)8-5-11/h4-10,19-20H,1-3H3,(H,18,21). The Morgan fingerprint density at radius 2 is 1.62 bits per heavy atom. The minimum atomic E-state index is -0.337. The molecule has 2 aromatic carbocycles. The normalized spacial score (nSPS) is 11.2. The van der Waals surface area contributed by atoms with Crippen LogP contribution in [0.1, 0.15) is 36.7 Å². The van der Waals surface area contributed by atoms with Crippen molar-refractivity contribution in [1.82, 2.24) is 0 Å². The molecule has 2 rings (SSSR count). The van der Waals surface area contributed by atoms with Crippen molar-refractivity contribution in [3.05, 3.63) is 53.6 Å². The second kappa shape index (κ2) is 5.48. The van der Waals surface area contributed by atoms with Crippen LogP contribution in [0.3, 0.4) is 0 Å². The summed E-state index contributed by atoms with van der Waals surface area (Å²) in [6.45, 7) is 6.18. The first kappa shape index (κ1) is 14.9. The first-order chi connectivity index (χ1) is 9.77. The second-order valence-corrected chi connectivity index (χ2v) is 5.98. The van der Waals surface area contributed by atoms with E-state index in [1.54, 1.807) is 12.1 Å². The van der Waals surface area contributed by atoms with Gasteiger partial charge in [0.05, 0.1) is 5.69 Å². The summed E-state index contributed by atoms with van der Waals surface area (Å²) in [5, 5.41) is 21.8. The molecule has 0 atom stereocenters. The van der Waals surface area contributed by atoms with E-state index in [4.69, 9.17) is 0 Å². The lowest BCUT2D eigenvalue weighted by molar-refractivity contribution is 0.102. The summed E-state index contributed by atoms with van der Waals surface area (Å²) in [4.78, 5) is 12.1. The largest absolute Gasteiger partial charge is 0.508 e. The monoisotopic (exact) mass is 285 g/mol. The highest BCUT2D eigenvalue weighted by Gasteiger charge is 2.16. The van der Waals surface area contributed by atoms with Gasteiger partial charge in [-0.3, -0.25) is 4.79 Å². The average molecular weight is 285 g/mol. The summed E-state index contributed by atoms with van der Waals surface area (Å²) in [6, 6.07) is 11.1. The van der Waals surface area contributed by atoms with Gasteiger partial charge >= 0.3 is 0 Å². The van der Waals surface area contributed by atoms with Crippen LogP contribution in [0, 0.1) is 0 Å². The quantitative estimate of drug-likeness (QED) is 0.738. The van der Waals surface area contributed by atoms with Crippen LogP contribution in [-0.4, -0.2) is 16.1 Å². The van der Waals surface area contributed by atoms with Gasteiger partial charge in [-0.1, -0.05) is 26.8 Å². The first-order valence-electron chi connectivity index (χ1n) is 6.71. The maximum absolute atomic E-state index is 12.1. The fraction of sp³-hybridized carbons (Fsp3) is 0.235. The Hall–Kier alpha value is -2.49. The van der Waals surface area contributed by atoms with Crippen LogP contribution in [-0.2, 0) is 5.41 Å². The minimum Gasteiger partial charge on any atom is -0.508 e. The zero-order valence-electron chi connectivity index (χ0n) is 12.3. The number of phenols is 2. The van der Waals surface area contributed by atoms with Crippen LogP contribution in [0.5, 0.6) is 11.5 Å². The molecule has 0 bridgehead atoms. The number of benzene rings is 2. The molecule has 0 radical (unpaired) electrons. The molecule has 0 saturated heterocycles. The van der Waals surface area contributed by atoms with Crippen LogP contribution in [0.4, 0.5) is 5.69 Å². The van der Waals surface area contributed by atoms with Gasteiger partial charge in [-0.05, 0) is 47.4 Å². The summed E-state index contributed by atoms with van der Waals surface area (Å²) < 4.78 is 0. The van der Waals surface area contributed by atoms with E-state index in [1.165, 1.54) is 24.3 Å². The molecule has 3 N–H and O–H groups in total. The Bertz CT molecular complexity index is 655. The van der Waals surface area contributed by atoms with E-state index < -0.39 is 0 Å². The minimum absolute atomic E-state index is 0.0233. The molecule has 0 unspecified atom stereocenters. The van der Waals surface area contributed by atoms with Crippen molar-refractivity contribution in [3.63, 3.8) is 0 Å². The molecular weight excluding hydrogens is 266 g/mol. The van der Waals surface area contributed by atoms with Gasteiger partial charge in [0.2, 0.25) is 0 Å². The number of aromatic hydroxyl groups is 2. The fourth-order valence-corrected chi connectivity index (χ4v) is 1.91. The maximum atomic E-state index is 12.1. The highest BCUT2D eigenvalue weighted by atomic mass is 16.3. The number of nitrogens with one attached hydrogen (secondary N) is 1. The number of carbonyl (C=O) groups excluding carboxylic acids is 1. The van der Waals surface area contributed by atoms with E-state index in [0.717, 1.165) is 5.56 Å². The van der Waals surface area contributed by atoms with Crippen molar-refractivity contribution in [2.75, 3.05) is 5.32 Å². The molecule has 4 nitrogen and oxygen atoms in total. The van der Waals surface area contributed by atoms with Gasteiger partial charge in [0.15, 0.2) is 0 Å². The molecule has 4 heteroatoms. The van der Waals surface area contributed by atoms with Gasteiger partial charge in [-0.25, -0.2) is 0 Å². The predicted octanol–water partition coefficient (Wildman–Crippen LogP) is 3.65. The molecule has 0 saturated carbocycles. The van der Waals surface area contributed by atoms with E-state index >= 15 is 0 Å². The van der Waals surface area contributed by atoms with E-state index in [2.05, 4.69) is 26.1 Å². The summed E-state index contributed by atoms with van der Waals surface area (Å²) in [7, 11) is 0. The van der Waals surface area contributed by atoms with Crippen LogP contribution in [0.2, 0.25) is 0 Å². The lowest BCUT2D eigenvalue weighted by atomic mass is 9.87. The Labute approximate surface area is 124 Å². The summed E-state index contributed by atoms with van der Waals surface area (Å²) in [6.07, 6.45) is 0. The molecule has 0 heterocycles. The zero-order chi connectivity index (χ0) is 15.6. The fourth-order valence-electron chi connectivity index (χ4n) is 1.91. The summed E-state index contributed by atoms with van der Waals surface area (Å²) in [5.74, 6) is -0.212. The van der Waals surface area contributed by atoms with Crippen LogP contribution in [0.15, 0.2) is 42.5 Å². The number of anilines is 1. The maximum Gasteiger partial charge on any atom is 0.255 e. The molecule has 0 aliphatic rings. The van der Waals surface area contributed by atoms with Crippen molar-refractivity contribution >= 4 is 11.6 Å². The Morgan fingerprint density at radius 1 is 1.00 bits per heavy atom. The average Bonchev–Trinajstić information content (AvgIpc) is 2.40. The first-order valence-corrected chi connectivity index (χ1v) is 6.71. The summed E-state index contributed by atoms with van der Waals surface area (Å²) in [5.41, 5.74) is 1.72. The van der Waals surface area contributed by atoms with E-state index in [1.807, 2.05) is 6.07 Å². The highest BCUT2D eigenvalue weighted by molar-refractivity contribution is 6.05. The smallest absolute Gasteiger partial charge is 0.255 e. The van der Waals surface area contributed by atoms with Gasteiger partial charge in [0, 0.05) is 5.56 Å². The number of carbonyl (C=O) groups is 1. The van der Waals surface area contributed by atoms with Gasteiger partial charge in [-0.2, -0.15) is 0 Å². The predicted molar refractivity (Wildman–Crippen MR) is 82.9 cm³/mol. The molecule has 0 aromatic heterocycles. The number of phenolic OH excluding ortho intramolecular Hbond substituents is 2. The third kappa shape index (κ3) is 3.54. The number of rotatable bonds is 2. The number of hydrogen-bond donors (Lipinski definition) is 3. The zero-order valence-corrected chi connectivity index (χ0v) is 12.3. The number of amides is 1. The Kier molecular flexibility index (Phi) is 3.89. The molecule has 110 valence electrons. The van der Waals surface area contributed by atoms with E-state index in [-0.39, 0.29) is 22.8 Å². The van der Waals surface area contributed by atoms with Gasteiger partial charge in [-0.15, -0.1) is 0 Å². The van der Waals surface area contributed by atoms with Gasteiger partial charge in [0.1, 0.15) is 11.5 Å². The number of hydrogen-bond acceptors (Lipinski definition) is 3. The third-order valence-electron chi connectivity index (χ3n) is 3.24. The topological polar surface area (TPSA) is 69.6 Å². The van der Waals surface area contributed by atoms with Crippen molar-refractivity contribution in [2.24, 2.45) is 0 Å². The van der Waals surface area contributed by atoms with Crippen molar-refractivity contribution < 1.29 is 15.0 Å². The third-order valence-corrected chi connectivity index (χ3v) is 3.24. The van der Waals surface area contributed by atoms with Crippen LogP contribution < -0.4 is 5.32 Å².